The molecule has 1 aromatic heterocycles. The van der Waals surface area contributed by atoms with Gasteiger partial charge in [-0.25, -0.2) is 8.42 Å². The Labute approximate surface area is 153 Å². The van der Waals surface area contributed by atoms with Gasteiger partial charge in [-0.3, -0.25) is 9.59 Å². The second kappa shape index (κ2) is 7.69. The van der Waals surface area contributed by atoms with Gasteiger partial charge in [0.05, 0.1) is 10.5 Å². The van der Waals surface area contributed by atoms with Gasteiger partial charge in [-0.1, -0.05) is 13.8 Å². The minimum absolute atomic E-state index is 0.0301. The topological polar surface area (TPSA) is 99.3 Å². The van der Waals surface area contributed by atoms with Crippen LogP contribution in [-0.4, -0.2) is 49.4 Å². The van der Waals surface area contributed by atoms with E-state index < -0.39 is 34.2 Å². The number of amides is 1. The molecule has 0 aliphatic rings. The number of hydrogen-bond donors (Lipinski definition) is 2. The van der Waals surface area contributed by atoms with Gasteiger partial charge in [0.15, 0.2) is 0 Å². The quantitative estimate of drug-likeness (QED) is 0.766. The highest BCUT2D eigenvalue weighted by Crippen LogP contribution is 2.23. The molecule has 1 heterocycles. The third kappa shape index (κ3) is 4.66. The Morgan fingerprint density at radius 2 is 1.81 bits per heavy atom. The number of fused-ring (bicyclic) bond motifs is 1. The number of carbonyl (C=O) groups is 1. The van der Waals surface area contributed by atoms with Crippen LogP contribution >= 0.6 is 0 Å². The van der Waals surface area contributed by atoms with Gasteiger partial charge in [0.25, 0.3) is 5.91 Å². The summed E-state index contributed by atoms with van der Waals surface area (Å²) in [5.74, 6) is -1.12. The van der Waals surface area contributed by atoms with Crippen molar-refractivity contribution in [2.24, 2.45) is 0 Å². The first kappa shape index (κ1) is 20.9. The molecule has 0 unspecified atom stereocenters. The molecule has 0 aliphatic carbocycles. The van der Waals surface area contributed by atoms with Crippen LogP contribution in [0.15, 0.2) is 34.0 Å². The molecule has 0 bridgehead atoms. The summed E-state index contributed by atoms with van der Waals surface area (Å²) >= 11 is 0. The lowest BCUT2D eigenvalue weighted by molar-refractivity contribution is -0.123. The summed E-state index contributed by atoms with van der Waals surface area (Å²) in [7, 11) is -3.85. The number of sulfonamides is 1. The molecule has 27 heavy (non-hydrogen) atoms. The monoisotopic (exact) mass is 405 g/mol. The first-order valence-corrected chi connectivity index (χ1v) is 9.45. The highest BCUT2D eigenvalue weighted by atomic mass is 32.2. The van der Waals surface area contributed by atoms with E-state index in [-0.39, 0.29) is 34.5 Å². The van der Waals surface area contributed by atoms with Gasteiger partial charge in [-0.2, -0.15) is 17.5 Å². The summed E-state index contributed by atoms with van der Waals surface area (Å²) < 4.78 is 63.5. The molecular formula is C16H18F3N3O4S. The lowest BCUT2D eigenvalue weighted by Gasteiger charge is -2.19. The summed E-state index contributed by atoms with van der Waals surface area (Å²) in [6.45, 7) is 2.20. The molecular weight excluding hydrogens is 387 g/mol. The van der Waals surface area contributed by atoms with Crippen molar-refractivity contribution >= 4 is 26.8 Å². The fourth-order valence-electron chi connectivity index (χ4n) is 2.57. The molecule has 0 fully saturated rings. The summed E-state index contributed by atoms with van der Waals surface area (Å²) in [4.78, 5) is 26.1. The summed E-state index contributed by atoms with van der Waals surface area (Å²) in [5, 5.41) is 1.72. The van der Waals surface area contributed by atoms with Crippen molar-refractivity contribution in [1.29, 1.82) is 0 Å². The van der Waals surface area contributed by atoms with Gasteiger partial charge in [0.2, 0.25) is 15.6 Å². The number of carbonyl (C=O) groups excluding carboxylic acids is 1. The molecule has 7 nitrogen and oxygen atoms in total. The standard InChI is InChI=1S/C16H18F3N3O4S/c1-3-22(4-2)27(25,26)10-5-6-13-11(7-10)12(8-14(23)21-13)15(24)20-9-16(17,18)19/h5-8H,3-4,9H2,1-2H3,(H,20,24)(H,21,23). The van der Waals surface area contributed by atoms with Crippen LogP contribution in [0.2, 0.25) is 0 Å². The van der Waals surface area contributed by atoms with Crippen LogP contribution in [0.3, 0.4) is 0 Å². The van der Waals surface area contributed by atoms with Crippen molar-refractivity contribution < 1.29 is 26.4 Å². The normalized spacial score (nSPS) is 12.5. The van der Waals surface area contributed by atoms with E-state index in [1.54, 1.807) is 19.2 Å². The molecule has 2 aromatic rings. The minimum atomic E-state index is -4.62. The maximum atomic E-state index is 12.6. The average Bonchev–Trinajstić information content (AvgIpc) is 2.58. The third-order valence-corrected chi connectivity index (χ3v) is 5.90. The van der Waals surface area contributed by atoms with Crippen LogP contribution in [0.4, 0.5) is 13.2 Å². The van der Waals surface area contributed by atoms with Crippen LogP contribution in [0, 0.1) is 0 Å². The molecule has 1 aromatic carbocycles. The fraction of sp³-hybridized carbons (Fsp3) is 0.375. The van der Waals surface area contributed by atoms with E-state index in [0.29, 0.717) is 0 Å². The Balaban J connectivity index is 2.58. The minimum Gasteiger partial charge on any atom is -0.343 e. The van der Waals surface area contributed by atoms with Crippen LogP contribution in [0.25, 0.3) is 10.9 Å². The van der Waals surface area contributed by atoms with E-state index in [9.17, 15) is 31.2 Å². The first-order valence-electron chi connectivity index (χ1n) is 8.01. The second-order valence-electron chi connectivity index (χ2n) is 5.64. The van der Waals surface area contributed by atoms with Crippen molar-refractivity contribution in [3.05, 3.63) is 40.2 Å². The van der Waals surface area contributed by atoms with Gasteiger partial charge in [0.1, 0.15) is 6.54 Å². The first-order chi connectivity index (χ1) is 12.5. The van der Waals surface area contributed by atoms with Crippen molar-refractivity contribution in [2.75, 3.05) is 19.6 Å². The van der Waals surface area contributed by atoms with Gasteiger partial charge in [-0.05, 0) is 18.2 Å². The molecule has 0 saturated carbocycles. The average molecular weight is 405 g/mol. The molecule has 1 amide bonds. The van der Waals surface area contributed by atoms with Gasteiger partial charge < -0.3 is 10.3 Å². The number of benzene rings is 1. The van der Waals surface area contributed by atoms with E-state index in [1.807, 2.05) is 0 Å². The molecule has 0 aliphatic heterocycles. The van der Waals surface area contributed by atoms with Crippen LogP contribution in [0.5, 0.6) is 0 Å². The lowest BCUT2D eigenvalue weighted by atomic mass is 10.1. The van der Waals surface area contributed by atoms with E-state index in [1.165, 1.54) is 22.5 Å². The maximum Gasteiger partial charge on any atom is 0.405 e. The molecule has 0 saturated heterocycles. The molecule has 0 spiro atoms. The highest BCUT2D eigenvalue weighted by molar-refractivity contribution is 7.89. The Morgan fingerprint density at radius 1 is 1.19 bits per heavy atom. The number of pyridine rings is 1. The second-order valence-corrected chi connectivity index (χ2v) is 7.58. The SMILES string of the molecule is CCN(CC)S(=O)(=O)c1ccc2[nH]c(=O)cc(C(=O)NCC(F)(F)F)c2c1. The van der Waals surface area contributed by atoms with Crippen molar-refractivity contribution in [3.8, 4) is 0 Å². The Kier molecular flexibility index (Phi) is 5.95. The van der Waals surface area contributed by atoms with Crippen LogP contribution in [0.1, 0.15) is 24.2 Å². The number of H-pyrrole nitrogens is 1. The molecule has 2 N–H and O–H groups in total. The number of nitrogens with one attached hydrogen (secondary N) is 2. The number of aromatic nitrogens is 1. The van der Waals surface area contributed by atoms with Crippen molar-refractivity contribution in [1.82, 2.24) is 14.6 Å². The third-order valence-electron chi connectivity index (χ3n) is 3.85. The predicted molar refractivity (Wildman–Crippen MR) is 93.1 cm³/mol. The Bertz CT molecular complexity index is 1010. The highest BCUT2D eigenvalue weighted by Gasteiger charge is 2.29. The maximum absolute atomic E-state index is 12.6. The van der Waals surface area contributed by atoms with Crippen LogP contribution < -0.4 is 10.9 Å². The Hall–Kier alpha value is -2.40. The van der Waals surface area contributed by atoms with Gasteiger partial charge in [0, 0.05) is 30.1 Å². The largest absolute Gasteiger partial charge is 0.405 e. The summed E-state index contributed by atoms with van der Waals surface area (Å²) in [6.07, 6.45) is -4.62. The lowest BCUT2D eigenvalue weighted by Crippen LogP contribution is -2.34. The number of halogens is 3. The van der Waals surface area contributed by atoms with Gasteiger partial charge in [-0.15, -0.1) is 0 Å². The van der Waals surface area contributed by atoms with Crippen molar-refractivity contribution in [2.45, 2.75) is 24.9 Å². The van der Waals surface area contributed by atoms with E-state index in [4.69, 9.17) is 0 Å². The fourth-order valence-corrected chi connectivity index (χ4v) is 4.05. The number of hydrogen-bond acceptors (Lipinski definition) is 4. The molecule has 0 atom stereocenters. The number of rotatable bonds is 6. The molecule has 2 rings (SSSR count). The Morgan fingerprint density at radius 3 is 2.37 bits per heavy atom. The number of alkyl halides is 3. The zero-order chi connectivity index (χ0) is 20.4. The zero-order valence-electron chi connectivity index (χ0n) is 14.6. The molecule has 148 valence electrons. The zero-order valence-corrected chi connectivity index (χ0v) is 15.4. The van der Waals surface area contributed by atoms with Crippen LogP contribution in [-0.2, 0) is 10.0 Å². The predicted octanol–water partition coefficient (Wildman–Crippen LogP) is 1.85. The smallest absolute Gasteiger partial charge is 0.343 e. The van der Waals surface area contributed by atoms with E-state index >= 15 is 0 Å². The molecule has 0 radical (unpaired) electrons. The summed E-state index contributed by atoms with van der Waals surface area (Å²) in [6, 6.07) is 4.57. The summed E-state index contributed by atoms with van der Waals surface area (Å²) in [5.41, 5.74) is -0.897. The van der Waals surface area contributed by atoms with Crippen molar-refractivity contribution in [3.63, 3.8) is 0 Å². The van der Waals surface area contributed by atoms with E-state index in [2.05, 4.69) is 4.98 Å². The van der Waals surface area contributed by atoms with Gasteiger partial charge >= 0.3 is 6.18 Å². The number of nitrogens with zero attached hydrogens (tertiary/aromatic N) is 1. The number of aromatic amines is 1. The molecule has 11 heteroatoms. The van der Waals surface area contributed by atoms with E-state index in [0.717, 1.165) is 6.07 Å².